The number of urea groups is 1. The molecule has 0 saturated carbocycles. The molecule has 480 valence electrons. The first-order valence-electron chi connectivity index (χ1n) is 29.4. The van der Waals surface area contributed by atoms with Crippen LogP contribution in [0.5, 0.6) is 0 Å². The second kappa shape index (κ2) is 34.2. The lowest BCUT2D eigenvalue weighted by Gasteiger charge is -2.41. The molecule has 1 unspecified atom stereocenters. The monoisotopic (exact) mass is 1220 g/mol. The summed E-state index contributed by atoms with van der Waals surface area (Å²) >= 11 is 0. The minimum Gasteiger partial charge on any atom is -0.379 e. The van der Waals surface area contributed by atoms with Crippen LogP contribution in [0.1, 0.15) is 121 Å². The fourth-order valence-electron chi connectivity index (χ4n) is 11.0. The van der Waals surface area contributed by atoms with E-state index in [9.17, 15) is 56.4 Å². The molecule has 0 aliphatic carbocycles. The lowest BCUT2D eigenvalue weighted by atomic mass is 9.89. The maximum absolute atomic E-state index is 14.4. The Morgan fingerprint density at radius 1 is 0.800 bits per heavy atom. The Bertz CT molecular complexity index is 2560. The molecule has 0 radical (unpaired) electrons. The van der Waals surface area contributed by atoms with Crippen molar-refractivity contribution in [1.82, 2.24) is 45.6 Å². The maximum Gasteiger partial charge on any atom is 0.312 e. The molecule has 2 saturated heterocycles. The number of amides is 11. The van der Waals surface area contributed by atoms with Crippen LogP contribution in [0.3, 0.4) is 0 Å². The van der Waals surface area contributed by atoms with Crippen LogP contribution in [0.4, 0.5) is 10.5 Å². The summed E-state index contributed by atoms with van der Waals surface area (Å²) in [5, 5.41) is 13.4. The molecule has 11 amide bonds. The van der Waals surface area contributed by atoms with Gasteiger partial charge in [0.25, 0.3) is 10.0 Å². The molecule has 1 aromatic carbocycles. The van der Waals surface area contributed by atoms with Crippen molar-refractivity contribution in [1.29, 1.82) is 0 Å². The highest BCUT2D eigenvalue weighted by atomic mass is 32.2. The van der Waals surface area contributed by atoms with Crippen molar-refractivity contribution < 1.29 is 70.6 Å². The summed E-state index contributed by atoms with van der Waals surface area (Å²) in [4.78, 5) is 138. The Hall–Kier alpha value is -6.29. The van der Waals surface area contributed by atoms with E-state index < -0.39 is 106 Å². The normalized spacial score (nSPS) is 18.7. The first kappa shape index (κ1) is 73.0. The highest BCUT2D eigenvalue weighted by molar-refractivity contribution is 7.90. The quantitative estimate of drug-likeness (QED) is 0.0377. The van der Waals surface area contributed by atoms with Gasteiger partial charge in [-0.15, -0.1) is 0 Å². The molecular formula is C58H97N11O15S. The summed E-state index contributed by atoms with van der Waals surface area (Å²) in [6, 6.07) is -0.736. The summed E-state index contributed by atoms with van der Waals surface area (Å²) in [5.41, 5.74) is 5.34. The average molecular weight is 1220 g/mol. The van der Waals surface area contributed by atoms with Crippen LogP contribution in [0.25, 0.3) is 0 Å². The van der Waals surface area contributed by atoms with E-state index in [0.29, 0.717) is 25.8 Å². The minimum absolute atomic E-state index is 0.00215. The second-order valence-corrected chi connectivity index (χ2v) is 25.3. The number of hydrogen-bond acceptors (Lipinski definition) is 16. The Morgan fingerprint density at radius 2 is 1.44 bits per heavy atom. The second-order valence-electron chi connectivity index (χ2n) is 23.6. The average Bonchev–Trinajstić information content (AvgIpc) is 4.27. The summed E-state index contributed by atoms with van der Waals surface area (Å²) in [7, 11) is 3.63. The van der Waals surface area contributed by atoms with Gasteiger partial charge in [0.05, 0.1) is 67.3 Å². The van der Waals surface area contributed by atoms with Crippen LogP contribution in [-0.4, -0.2) is 204 Å². The first-order chi connectivity index (χ1) is 39.8. The highest BCUT2D eigenvalue weighted by Crippen LogP contribution is 2.30. The molecule has 0 aromatic heterocycles. The fourth-order valence-corrected chi connectivity index (χ4v) is 12.0. The zero-order chi connectivity index (χ0) is 64.2. The van der Waals surface area contributed by atoms with E-state index in [1.807, 2.05) is 60.5 Å². The number of rotatable bonds is 35. The summed E-state index contributed by atoms with van der Waals surface area (Å²) in [5.74, 6) is -6.66. The third-order valence-electron chi connectivity index (χ3n) is 15.9. The van der Waals surface area contributed by atoms with Crippen LogP contribution >= 0.6 is 0 Å². The Morgan fingerprint density at radius 3 is 1.96 bits per heavy atom. The third-order valence-corrected chi connectivity index (χ3v) is 17.2. The topological polar surface area (TPSA) is 344 Å². The van der Waals surface area contributed by atoms with E-state index in [0.717, 1.165) is 4.90 Å². The van der Waals surface area contributed by atoms with Crippen LogP contribution in [-0.2, 0) is 67.4 Å². The number of carbonyl (C=O) groups is 10. The molecule has 11 atom stereocenters. The van der Waals surface area contributed by atoms with E-state index in [2.05, 4.69) is 31.3 Å². The fraction of sp³-hybridized carbons (Fsp3) is 0.724. The predicted molar refractivity (Wildman–Crippen MR) is 317 cm³/mol. The molecule has 0 bridgehead atoms. The number of likely N-dealkylation sites (tertiary alicyclic amines) is 2. The number of nitrogens with two attached hydrogens (primary N) is 1. The lowest BCUT2D eigenvalue weighted by Crippen LogP contribution is -2.59. The van der Waals surface area contributed by atoms with Gasteiger partial charge in [0.15, 0.2) is 0 Å². The first-order valence-corrected chi connectivity index (χ1v) is 30.9. The van der Waals surface area contributed by atoms with E-state index in [1.54, 1.807) is 37.6 Å². The number of primary amides is 1. The van der Waals surface area contributed by atoms with Gasteiger partial charge >= 0.3 is 6.03 Å². The third kappa shape index (κ3) is 21.0. The zero-order valence-corrected chi connectivity index (χ0v) is 53.3. The molecule has 26 nitrogen and oxygen atoms in total. The zero-order valence-electron chi connectivity index (χ0n) is 52.5. The molecule has 2 aliphatic rings. The van der Waals surface area contributed by atoms with Crippen molar-refractivity contribution in [3.05, 3.63) is 24.3 Å². The molecular weight excluding hydrogens is 1120 g/mol. The number of hydrogen-bond donors (Lipinski definition) is 7. The van der Waals surface area contributed by atoms with Crippen LogP contribution in [0, 0.1) is 35.5 Å². The van der Waals surface area contributed by atoms with Gasteiger partial charge < -0.3 is 56.3 Å². The molecule has 2 heterocycles. The van der Waals surface area contributed by atoms with Crippen LogP contribution in [0.2, 0.25) is 0 Å². The molecule has 1 aromatic rings. The Labute approximate surface area is 502 Å². The number of likely N-dealkylation sites (N-methyl/N-ethyl adjacent to an activating group) is 2. The van der Waals surface area contributed by atoms with Gasteiger partial charge in [-0.05, 0) is 87.7 Å². The van der Waals surface area contributed by atoms with Crippen molar-refractivity contribution in [3.8, 4) is 0 Å². The van der Waals surface area contributed by atoms with Gasteiger partial charge in [-0.2, -0.15) is 0 Å². The van der Waals surface area contributed by atoms with Crippen molar-refractivity contribution in [2.45, 2.75) is 174 Å². The number of carbonyl (C=O) groups excluding carboxylic acids is 10. The number of nitrogens with one attached hydrogen (secondary N) is 6. The van der Waals surface area contributed by atoms with Gasteiger partial charge in [-0.3, -0.25) is 53.0 Å². The number of anilines is 1. The van der Waals surface area contributed by atoms with Gasteiger partial charge in [-0.25, -0.2) is 17.9 Å². The number of sulfonamides is 1. The van der Waals surface area contributed by atoms with Gasteiger partial charge in [0, 0.05) is 58.8 Å². The number of methoxy groups -OCH3 is 2. The number of nitrogens with zero attached hydrogens (tertiary/aromatic N) is 4. The Balaban J connectivity index is 1.71. The van der Waals surface area contributed by atoms with E-state index in [1.165, 1.54) is 45.4 Å². The predicted octanol–water partition coefficient (Wildman–Crippen LogP) is 1.95. The smallest absolute Gasteiger partial charge is 0.312 e. The standard InChI is InChI=1S/C58H97N11O15S/c1-16-36(8)50(67(13)57(78)48(34(4)5)64-55(76)49(35(6)7)66(11)12)43(82-14)32-46(72)68-27-18-20-42(68)51(83-15)38(10)52(73)65-85(80,81)40-23-21-39(22-24-40)61-53(74)41(19-17-26-60-58(59)79)62-54(75)47(33(2)3)63-44(70)25-29-84-30-28-69-45(71)31-37(9)56(69)77/h21-24,33-38,41-43,47-51H,16-20,25-32H2,1-15H3,(H,61,74)(H,62,75)(H,63,70)(H,64,76)(H,65,73)(H3,59,60,79)/t36-,37?,38+,41-,42-,43+,47-,48-,49-,50-,51+/m0/s1. The lowest BCUT2D eigenvalue weighted by molar-refractivity contribution is -0.148. The SMILES string of the molecule is CC[C@H](C)[C@@H]([C@@H](CC(=O)N1CCC[C@H]1[C@H](OC)[C@@H](C)C(=O)NS(=O)(=O)c1ccc(NC(=O)[C@H](CCCNC(N)=O)NC(=O)[C@@H](NC(=O)CCOCCN2C(=O)CC(C)C2=O)C(C)C)cc1)OC)N(C)C(=O)[C@@H](NC(=O)[C@H](C(C)C)N(C)C)C(C)C. The number of benzene rings is 1. The van der Waals surface area contributed by atoms with Crippen LogP contribution < -0.4 is 37.0 Å². The molecule has 3 rings (SSSR count). The minimum atomic E-state index is -4.52. The number of imide groups is 1. The molecule has 8 N–H and O–H groups in total. The van der Waals surface area contributed by atoms with E-state index >= 15 is 0 Å². The Kier molecular flexibility index (Phi) is 29.3. The van der Waals surface area contributed by atoms with Crippen molar-refractivity contribution in [2.75, 3.05) is 73.5 Å². The van der Waals surface area contributed by atoms with E-state index in [4.69, 9.17) is 19.9 Å². The molecule has 27 heteroatoms. The number of ether oxygens (including phenoxy) is 3. The highest BCUT2D eigenvalue weighted by Gasteiger charge is 2.44. The van der Waals surface area contributed by atoms with Gasteiger partial charge in [-0.1, -0.05) is 75.7 Å². The van der Waals surface area contributed by atoms with E-state index in [-0.39, 0.29) is 116 Å². The van der Waals surface area contributed by atoms with Crippen molar-refractivity contribution in [3.63, 3.8) is 0 Å². The van der Waals surface area contributed by atoms with Crippen molar-refractivity contribution in [2.24, 2.45) is 41.2 Å². The van der Waals surface area contributed by atoms with Crippen molar-refractivity contribution >= 4 is 74.9 Å². The van der Waals surface area contributed by atoms with Gasteiger partial charge in [0.1, 0.15) is 18.1 Å². The summed E-state index contributed by atoms with van der Waals surface area (Å²) in [6.45, 7) is 18.5. The molecule has 2 fully saturated rings. The van der Waals surface area contributed by atoms with Gasteiger partial charge in [0.2, 0.25) is 53.2 Å². The largest absolute Gasteiger partial charge is 0.379 e. The molecule has 0 spiro atoms. The molecule has 85 heavy (non-hydrogen) atoms. The maximum atomic E-state index is 14.4. The molecule has 2 aliphatic heterocycles. The summed E-state index contributed by atoms with van der Waals surface area (Å²) in [6.07, 6.45) is -0.0136. The summed E-state index contributed by atoms with van der Waals surface area (Å²) < 4.78 is 47.0. The van der Waals surface area contributed by atoms with Crippen LogP contribution in [0.15, 0.2) is 29.2 Å².